The van der Waals surface area contributed by atoms with E-state index in [1.54, 1.807) is 11.1 Å². The molecule has 1 amide bonds. The third kappa shape index (κ3) is 4.29. The van der Waals surface area contributed by atoms with Crippen LogP contribution in [-0.2, 0) is 30.7 Å². The molecule has 174 valence electrons. The number of carbonyl (C=O) groups is 1. The van der Waals surface area contributed by atoms with Gasteiger partial charge in [0.2, 0.25) is 11.9 Å². The number of para-hydroxylation sites is 1. The normalized spacial score (nSPS) is 14.8. The van der Waals surface area contributed by atoms with Crippen LogP contribution in [0, 0.1) is 0 Å². The van der Waals surface area contributed by atoms with E-state index in [4.69, 9.17) is 4.98 Å². The molecule has 3 heterocycles. The number of likely N-dealkylation sites (N-methyl/N-ethyl adjacent to an activating group) is 1. The monoisotopic (exact) mass is 461 g/mol. The first-order chi connectivity index (χ1) is 17.1. The van der Waals surface area contributed by atoms with Crippen LogP contribution in [0.25, 0.3) is 11.3 Å². The third-order valence-corrected chi connectivity index (χ3v) is 6.93. The number of nitrogens with one attached hydrogen (secondary N) is 1. The van der Waals surface area contributed by atoms with Gasteiger partial charge in [-0.2, -0.15) is 0 Å². The highest BCUT2D eigenvalue weighted by molar-refractivity contribution is 6.01. The summed E-state index contributed by atoms with van der Waals surface area (Å²) in [4.78, 5) is 26.1. The van der Waals surface area contributed by atoms with Gasteiger partial charge in [0.1, 0.15) is 0 Å². The molecule has 0 bridgehead atoms. The molecule has 6 nitrogen and oxygen atoms in total. The van der Waals surface area contributed by atoms with E-state index in [0.717, 1.165) is 54.3 Å². The Kier molecular flexibility index (Phi) is 5.51. The fourth-order valence-corrected chi connectivity index (χ4v) is 4.94. The van der Waals surface area contributed by atoms with Gasteiger partial charge in [0.15, 0.2) is 0 Å². The van der Waals surface area contributed by atoms with Crippen molar-refractivity contribution in [1.29, 1.82) is 0 Å². The van der Waals surface area contributed by atoms with E-state index in [9.17, 15) is 4.79 Å². The lowest BCUT2D eigenvalue weighted by Gasteiger charge is -2.17. The number of aromatic nitrogens is 2. The van der Waals surface area contributed by atoms with Crippen molar-refractivity contribution in [3.05, 3.63) is 101 Å². The van der Waals surface area contributed by atoms with Gasteiger partial charge in [-0.1, -0.05) is 54.6 Å². The molecule has 2 aliphatic rings. The van der Waals surface area contributed by atoms with E-state index in [-0.39, 0.29) is 12.3 Å². The van der Waals surface area contributed by atoms with Gasteiger partial charge in [-0.25, -0.2) is 9.97 Å². The van der Waals surface area contributed by atoms with Crippen molar-refractivity contribution in [2.75, 3.05) is 23.8 Å². The van der Waals surface area contributed by atoms with Gasteiger partial charge in [-0.3, -0.25) is 9.69 Å². The smallest absolute Gasteiger partial charge is 0.231 e. The molecule has 0 aliphatic carbocycles. The number of benzene rings is 3. The molecule has 0 atom stereocenters. The number of anilines is 3. The second-order valence-corrected chi connectivity index (χ2v) is 9.27. The summed E-state index contributed by atoms with van der Waals surface area (Å²) in [7, 11) is 1.81. The minimum atomic E-state index is 0.0360. The van der Waals surface area contributed by atoms with Crippen molar-refractivity contribution >= 4 is 23.2 Å². The summed E-state index contributed by atoms with van der Waals surface area (Å²) in [5.74, 6) is 0.562. The van der Waals surface area contributed by atoms with Crippen LogP contribution in [0.5, 0.6) is 0 Å². The second-order valence-electron chi connectivity index (χ2n) is 9.27. The molecule has 3 aromatic carbocycles. The van der Waals surface area contributed by atoms with Gasteiger partial charge in [0.05, 0.1) is 17.8 Å². The average molecular weight is 462 g/mol. The van der Waals surface area contributed by atoms with Crippen LogP contribution in [-0.4, -0.2) is 34.4 Å². The molecule has 4 aromatic rings. The molecule has 0 spiro atoms. The van der Waals surface area contributed by atoms with Crippen molar-refractivity contribution < 1.29 is 4.79 Å². The first-order valence-electron chi connectivity index (χ1n) is 12.0. The highest BCUT2D eigenvalue weighted by Crippen LogP contribution is 2.35. The highest BCUT2D eigenvalue weighted by Gasteiger charge is 2.24. The molecule has 2 aliphatic heterocycles. The van der Waals surface area contributed by atoms with Gasteiger partial charge < -0.3 is 10.2 Å². The summed E-state index contributed by atoms with van der Waals surface area (Å²) < 4.78 is 0. The Hall–Kier alpha value is -4.03. The molecular weight excluding hydrogens is 434 g/mol. The number of amides is 1. The largest absolute Gasteiger partial charge is 0.324 e. The number of fused-ring (bicyclic) bond motifs is 4. The van der Waals surface area contributed by atoms with Crippen LogP contribution in [0.2, 0.25) is 0 Å². The van der Waals surface area contributed by atoms with Crippen LogP contribution in [0.15, 0.2) is 79.0 Å². The first kappa shape index (κ1) is 21.5. The number of nitrogens with zero attached hydrogens (tertiary/aromatic N) is 4. The molecule has 1 aromatic heterocycles. The fraction of sp³-hybridized carbons (Fsp3) is 0.207. The zero-order valence-corrected chi connectivity index (χ0v) is 19.7. The number of carbonyl (C=O) groups excluding carboxylic acids is 1. The van der Waals surface area contributed by atoms with Crippen LogP contribution in [0.3, 0.4) is 0 Å². The van der Waals surface area contributed by atoms with Crippen molar-refractivity contribution in [3.63, 3.8) is 0 Å². The van der Waals surface area contributed by atoms with Crippen LogP contribution in [0.1, 0.15) is 22.3 Å². The Bertz CT molecular complexity index is 1370. The average Bonchev–Trinajstić information content (AvgIpc) is 3.28. The van der Waals surface area contributed by atoms with Gasteiger partial charge in [0, 0.05) is 49.7 Å². The molecule has 1 N–H and O–H groups in total. The van der Waals surface area contributed by atoms with Crippen LogP contribution >= 0.6 is 0 Å². The second kappa shape index (κ2) is 8.96. The molecule has 0 unspecified atom stereocenters. The van der Waals surface area contributed by atoms with Crippen LogP contribution < -0.4 is 10.2 Å². The van der Waals surface area contributed by atoms with Gasteiger partial charge in [0.25, 0.3) is 0 Å². The van der Waals surface area contributed by atoms with E-state index in [0.29, 0.717) is 5.95 Å². The zero-order valence-electron chi connectivity index (χ0n) is 19.7. The number of rotatable bonds is 5. The maximum absolute atomic E-state index is 12.6. The van der Waals surface area contributed by atoms with E-state index in [1.807, 2.05) is 31.3 Å². The van der Waals surface area contributed by atoms with Crippen molar-refractivity contribution in [1.82, 2.24) is 14.9 Å². The Labute approximate surface area is 205 Å². The molecule has 6 rings (SSSR count). The van der Waals surface area contributed by atoms with Gasteiger partial charge >= 0.3 is 0 Å². The molecule has 0 saturated carbocycles. The lowest BCUT2D eigenvalue weighted by Crippen LogP contribution is -2.26. The summed E-state index contributed by atoms with van der Waals surface area (Å²) in [6, 6.07) is 25.1. The van der Waals surface area contributed by atoms with Crippen molar-refractivity contribution in [2.45, 2.75) is 25.9 Å². The van der Waals surface area contributed by atoms with Crippen molar-refractivity contribution in [3.8, 4) is 11.3 Å². The molecule has 35 heavy (non-hydrogen) atoms. The SMILES string of the molecule is CN1C(=O)Cc2cnc(Nc3ccc(CCN4Cc5ccccc5C4)cc3)nc2-c2ccccc21. The fourth-order valence-electron chi connectivity index (χ4n) is 4.94. The summed E-state index contributed by atoms with van der Waals surface area (Å²) >= 11 is 0. The standard InChI is InChI=1S/C29H27N5O/c1-33-26-9-5-4-8-25(26)28-23(16-27(33)35)17-30-29(32-28)31-24-12-10-20(11-13-24)14-15-34-18-21-6-2-3-7-22(21)19-34/h2-13,17H,14-16,18-19H2,1H3,(H,30,31,32). The lowest BCUT2D eigenvalue weighted by atomic mass is 10.1. The Morgan fingerprint density at radius 2 is 1.60 bits per heavy atom. The molecule has 0 radical (unpaired) electrons. The highest BCUT2D eigenvalue weighted by atomic mass is 16.2. The number of hydrogen-bond donors (Lipinski definition) is 1. The van der Waals surface area contributed by atoms with E-state index in [2.05, 4.69) is 63.7 Å². The van der Waals surface area contributed by atoms with E-state index < -0.39 is 0 Å². The first-order valence-corrected chi connectivity index (χ1v) is 12.0. The van der Waals surface area contributed by atoms with Gasteiger partial charge in [-0.05, 0) is 41.3 Å². The molecule has 6 heteroatoms. The quantitative estimate of drug-likeness (QED) is 0.455. The predicted molar refractivity (Wildman–Crippen MR) is 139 cm³/mol. The Morgan fingerprint density at radius 1 is 0.886 bits per heavy atom. The summed E-state index contributed by atoms with van der Waals surface area (Å²) in [5.41, 5.74) is 8.61. The van der Waals surface area contributed by atoms with Crippen LogP contribution in [0.4, 0.5) is 17.3 Å². The van der Waals surface area contributed by atoms with E-state index in [1.165, 1.54) is 16.7 Å². The van der Waals surface area contributed by atoms with Gasteiger partial charge in [-0.15, -0.1) is 0 Å². The Morgan fingerprint density at radius 3 is 2.37 bits per heavy atom. The minimum Gasteiger partial charge on any atom is -0.324 e. The predicted octanol–water partition coefficient (Wildman–Crippen LogP) is 4.96. The van der Waals surface area contributed by atoms with Crippen molar-refractivity contribution in [2.24, 2.45) is 0 Å². The Balaban J connectivity index is 1.15. The molecule has 0 fully saturated rings. The zero-order chi connectivity index (χ0) is 23.8. The van der Waals surface area contributed by atoms with E-state index >= 15 is 0 Å². The summed E-state index contributed by atoms with van der Waals surface area (Å²) in [6.45, 7) is 3.12. The number of hydrogen-bond acceptors (Lipinski definition) is 5. The minimum absolute atomic E-state index is 0.0360. The summed E-state index contributed by atoms with van der Waals surface area (Å²) in [5, 5.41) is 3.33. The maximum Gasteiger partial charge on any atom is 0.231 e. The lowest BCUT2D eigenvalue weighted by molar-refractivity contribution is -0.117. The molecule has 0 saturated heterocycles. The topological polar surface area (TPSA) is 61.4 Å². The maximum atomic E-state index is 12.6. The molecular formula is C29H27N5O. The summed E-state index contributed by atoms with van der Waals surface area (Å²) in [6.07, 6.45) is 3.07. The third-order valence-electron chi connectivity index (χ3n) is 6.93.